The van der Waals surface area contributed by atoms with Crippen LogP contribution in [-0.2, 0) is 19.1 Å². The van der Waals surface area contributed by atoms with E-state index in [0.717, 1.165) is 25.8 Å². The summed E-state index contributed by atoms with van der Waals surface area (Å²) in [5, 5.41) is 3.06. The molecule has 0 saturated carbocycles. The lowest BCUT2D eigenvalue weighted by atomic mass is 9.95. The predicted octanol–water partition coefficient (Wildman–Crippen LogP) is 3.38. The van der Waals surface area contributed by atoms with Crippen molar-refractivity contribution >= 4 is 17.8 Å². The van der Waals surface area contributed by atoms with Gasteiger partial charge in [0.1, 0.15) is 6.04 Å². The lowest BCUT2D eigenvalue weighted by Gasteiger charge is -2.39. The number of ether oxygens (including phenoxy) is 1. The largest absolute Gasteiger partial charge is 0.463 e. The Bertz CT molecular complexity index is 672. The average molecular weight is 452 g/mol. The van der Waals surface area contributed by atoms with Crippen molar-refractivity contribution in [1.82, 2.24) is 15.1 Å². The molecule has 1 N–H and O–H groups in total. The number of carbonyl (C=O) groups is 3. The summed E-state index contributed by atoms with van der Waals surface area (Å²) in [5.41, 5.74) is 0.477. The molecule has 0 aromatic carbocycles. The number of amides is 2. The van der Waals surface area contributed by atoms with Gasteiger partial charge in [-0.1, -0.05) is 40.2 Å². The number of hydrogen-bond donors (Lipinski definition) is 1. The van der Waals surface area contributed by atoms with Gasteiger partial charge in [0.25, 0.3) is 0 Å². The molecule has 0 aromatic rings. The van der Waals surface area contributed by atoms with Crippen LogP contribution < -0.4 is 5.32 Å². The molecule has 1 rings (SSSR count). The number of likely N-dealkylation sites (tertiary alicyclic amines) is 1. The van der Waals surface area contributed by atoms with Crippen LogP contribution in [0.1, 0.15) is 74.7 Å². The second-order valence-electron chi connectivity index (χ2n) is 9.83. The van der Waals surface area contributed by atoms with Crippen molar-refractivity contribution in [1.29, 1.82) is 0 Å². The summed E-state index contributed by atoms with van der Waals surface area (Å²) in [4.78, 5) is 42.7. The monoisotopic (exact) mass is 451 g/mol. The van der Waals surface area contributed by atoms with Gasteiger partial charge in [-0.15, -0.1) is 0 Å². The van der Waals surface area contributed by atoms with Crippen molar-refractivity contribution in [2.45, 2.75) is 98.8 Å². The van der Waals surface area contributed by atoms with E-state index < -0.39 is 6.04 Å². The molecule has 32 heavy (non-hydrogen) atoms. The zero-order valence-corrected chi connectivity index (χ0v) is 21.6. The number of likely N-dealkylation sites (N-methyl/N-ethyl adjacent to an activating group) is 1. The number of piperidine rings is 1. The first-order valence-electron chi connectivity index (χ1n) is 12.1. The fraction of sp³-hybridized carbons (Fsp3) is 0.800. The second-order valence-corrected chi connectivity index (χ2v) is 9.83. The van der Waals surface area contributed by atoms with Crippen molar-refractivity contribution in [2.24, 2.45) is 11.8 Å². The Morgan fingerprint density at radius 3 is 2.22 bits per heavy atom. The molecule has 1 aliphatic heterocycles. The second kappa shape index (κ2) is 13.0. The van der Waals surface area contributed by atoms with Crippen molar-refractivity contribution in [3.05, 3.63) is 11.6 Å². The van der Waals surface area contributed by atoms with Crippen LogP contribution in [0.2, 0.25) is 0 Å². The number of carbonyl (C=O) groups excluding carboxylic acids is 3. The summed E-state index contributed by atoms with van der Waals surface area (Å²) in [5.74, 6) is -0.566. The lowest BCUT2D eigenvalue weighted by molar-refractivity contribution is -0.140. The topological polar surface area (TPSA) is 79.0 Å². The minimum absolute atomic E-state index is 0.0621. The highest BCUT2D eigenvalue weighted by molar-refractivity contribution is 5.91. The molecule has 1 fully saturated rings. The Hall–Kier alpha value is -1.89. The molecule has 0 spiro atoms. The minimum Gasteiger partial charge on any atom is -0.463 e. The maximum Gasteiger partial charge on any atom is 0.333 e. The van der Waals surface area contributed by atoms with Gasteiger partial charge >= 0.3 is 5.97 Å². The first-order valence-corrected chi connectivity index (χ1v) is 12.1. The van der Waals surface area contributed by atoms with E-state index in [9.17, 15) is 14.4 Å². The van der Waals surface area contributed by atoms with Gasteiger partial charge in [0.05, 0.1) is 18.7 Å². The van der Waals surface area contributed by atoms with Gasteiger partial charge in [-0.05, 0) is 58.9 Å². The zero-order chi connectivity index (χ0) is 24.6. The molecule has 0 bridgehead atoms. The number of nitrogens with one attached hydrogen (secondary N) is 1. The van der Waals surface area contributed by atoms with Crippen molar-refractivity contribution in [3.8, 4) is 0 Å². The summed E-state index contributed by atoms with van der Waals surface area (Å²) in [7, 11) is 1.74. The summed E-state index contributed by atoms with van der Waals surface area (Å²) in [6.07, 6.45) is 4.73. The van der Waals surface area contributed by atoms with Crippen LogP contribution in [0.4, 0.5) is 0 Å². The van der Waals surface area contributed by atoms with Gasteiger partial charge in [-0.3, -0.25) is 14.5 Å². The Morgan fingerprint density at radius 2 is 1.72 bits per heavy atom. The third-order valence-corrected chi connectivity index (χ3v) is 6.24. The molecule has 0 unspecified atom stereocenters. The molecule has 0 aromatic heterocycles. The van der Waals surface area contributed by atoms with Gasteiger partial charge in [0, 0.05) is 18.7 Å². The molecule has 2 amide bonds. The molecule has 7 nitrogen and oxygen atoms in total. The van der Waals surface area contributed by atoms with Crippen molar-refractivity contribution < 1.29 is 19.1 Å². The maximum absolute atomic E-state index is 13.5. The number of esters is 1. The quantitative estimate of drug-likeness (QED) is 0.407. The molecule has 0 radical (unpaired) electrons. The van der Waals surface area contributed by atoms with Gasteiger partial charge < -0.3 is 15.0 Å². The zero-order valence-electron chi connectivity index (χ0n) is 21.6. The van der Waals surface area contributed by atoms with Gasteiger partial charge in [0.2, 0.25) is 11.8 Å². The average Bonchev–Trinajstić information content (AvgIpc) is 2.74. The predicted molar refractivity (Wildman–Crippen MR) is 128 cm³/mol. The van der Waals surface area contributed by atoms with Gasteiger partial charge in [0.15, 0.2) is 0 Å². The highest BCUT2D eigenvalue weighted by Gasteiger charge is 2.36. The van der Waals surface area contributed by atoms with Crippen molar-refractivity contribution in [2.75, 3.05) is 20.2 Å². The van der Waals surface area contributed by atoms with Crippen LogP contribution in [0.3, 0.4) is 0 Å². The van der Waals surface area contributed by atoms with Crippen LogP contribution in [-0.4, -0.2) is 72.0 Å². The molecular formula is C25H45N3O4. The summed E-state index contributed by atoms with van der Waals surface area (Å²) < 4.78 is 5.09. The molecule has 0 aliphatic carbocycles. The summed E-state index contributed by atoms with van der Waals surface area (Å²) in [6.45, 7) is 16.8. The fourth-order valence-corrected chi connectivity index (χ4v) is 4.30. The molecule has 3 atom stereocenters. The smallest absolute Gasteiger partial charge is 0.333 e. The van der Waals surface area contributed by atoms with Gasteiger partial charge in [-0.2, -0.15) is 0 Å². The Morgan fingerprint density at radius 1 is 1.09 bits per heavy atom. The summed E-state index contributed by atoms with van der Waals surface area (Å²) in [6, 6.07) is -0.828. The molecular weight excluding hydrogens is 406 g/mol. The van der Waals surface area contributed by atoms with Crippen LogP contribution in [0.25, 0.3) is 0 Å². The Kier molecular flexibility index (Phi) is 11.4. The summed E-state index contributed by atoms with van der Waals surface area (Å²) >= 11 is 0. The highest BCUT2D eigenvalue weighted by atomic mass is 16.5. The van der Waals surface area contributed by atoms with Crippen LogP contribution >= 0.6 is 0 Å². The molecule has 184 valence electrons. The number of rotatable bonds is 10. The third-order valence-electron chi connectivity index (χ3n) is 6.24. The van der Waals surface area contributed by atoms with Gasteiger partial charge in [-0.25, -0.2) is 4.79 Å². The fourth-order valence-electron chi connectivity index (χ4n) is 4.30. The van der Waals surface area contributed by atoms with Crippen LogP contribution in [0.15, 0.2) is 11.6 Å². The standard InChI is InChI=1S/C25H45N3O4/c1-10-32-25(31)19(8)15-21(16(2)3)27(9)24(30)22(17(4)5)26-23(29)20-13-11-12-14-28(20)18(6)7/h15-18,20-22H,10-14H2,1-9H3,(H,26,29)/t20-,21-,22+/m1/s1. The molecule has 1 aliphatic rings. The van der Waals surface area contributed by atoms with E-state index in [1.165, 1.54) is 0 Å². The minimum atomic E-state index is -0.624. The van der Waals surface area contributed by atoms with Crippen LogP contribution in [0, 0.1) is 11.8 Å². The highest BCUT2D eigenvalue weighted by Crippen LogP contribution is 2.21. The van der Waals surface area contributed by atoms with E-state index in [2.05, 4.69) is 24.1 Å². The first kappa shape index (κ1) is 28.1. The van der Waals surface area contributed by atoms with E-state index in [4.69, 9.17) is 4.74 Å². The Balaban J connectivity index is 3.05. The van der Waals surface area contributed by atoms with E-state index in [1.54, 1.807) is 31.9 Å². The first-order chi connectivity index (χ1) is 14.9. The van der Waals surface area contributed by atoms with E-state index in [-0.39, 0.29) is 47.7 Å². The van der Waals surface area contributed by atoms with E-state index >= 15 is 0 Å². The molecule has 1 saturated heterocycles. The lowest BCUT2D eigenvalue weighted by Crippen LogP contribution is -2.58. The van der Waals surface area contributed by atoms with E-state index in [0.29, 0.717) is 12.2 Å². The van der Waals surface area contributed by atoms with E-state index in [1.807, 2.05) is 27.7 Å². The van der Waals surface area contributed by atoms with Crippen LogP contribution in [0.5, 0.6) is 0 Å². The maximum atomic E-state index is 13.5. The normalized spacial score (nSPS) is 19.8. The Labute approximate surface area is 194 Å². The number of hydrogen-bond acceptors (Lipinski definition) is 5. The molecule has 7 heteroatoms. The number of nitrogens with zero attached hydrogens (tertiary/aromatic N) is 2. The third kappa shape index (κ3) is 7.61. The molecule has 1 heterocycles. The van der Waals surface area contributed by atoms with Crippen molar-refractivity contribution in [3.63, 3.8) is 0 Å². The SMILES string of the molecule is CCOC(=O)C(C)=C[C@H](C(C)C)N(C)C(=O)[C@@H](NC(=O)[C@H]1CCCCN1C(C)C)C(C)C.